The molecular formula is C21H27FO6S. The molecule has 2 aromatic carbocycles. The number of hydrogen-bond acceptors (Lipinski definition) is 6. The lowest BCUT2D eigenvalue weighted by molar-refractivity contribution is 0.0842. The average molecular weight is 427 g/mol. The van der Waals surface area contributed by atoms with Crippen molar-refractivity contribution in [1.82, 2.24) is 0 Å². The van der Waals surface area contributed by atoms with Crippen LogP contribution < -0.4 is 9.47 Å². The number of hydrogen-bond donors (Lipinski definition) is 1. The first-order chi connectivity index (χ1) is 13.6. The van der Waals surface area contributed by atoms with Crippen LogP contribution in [0.1, 0.15) is 25.0 Å². The van der Waals surface area contributed by atoms with Crippen LogP contribution in [0.4, 0.5) is 4.39 Å². The molecule has 1 atom stereocenters. The fourth-order valence-electron chi connectivity index (χ4n) is 2.68. The lowest BCUT2D eigenvalue weighted by Crippen LogP contribution is -2.20. The number of benzene rings is 2. The van der Waals surface area contributed by atoms with Crippen LogP contribution in [0.25, 0.3) is 0 Å². The molecule has 0 radical (unpaired) electrons. The molecule has 6 nitrogen and oxygen atoms in total. The van der Waals surface area contributed by atoms with Crippen LogP contribution in [0.15, 0.2) is 48.5 Å². The van der Waals surface area contributed by atoms with Crippen molar-refractivity contribution in [2.45, 2.75) is 25.4 Å². The standard InChI is InChI=1S/C21H27FO6S/c1-21(2,17-6-10-20(11-7-17)27-15-18(23)14-22)16-4-8-19(9-5-16)26-12-13-28-29(3,24)25/h4-11,18,23H,12-15H2,1-3H3. The van der Waals surface area contributed by atoms with Gasteiger partial charge in [-0.2, -0.15) is 8.42 Å². The first kappa shape index (κ1) is 23.1. The summed E-state index contributed by atoms with van der Waals surface area (Å²) in [5.41, 5.74) is 1.85. The number of ether oxygens (including phenoxy) is 2. The summed E-state index contributed by atoms with van der Waals surface area (Å²) in [6, 6.07) is 15.0. The van der Waals surface area contributed by atoms with Gasteiger partial charge in [-0.1, -0.05) is 38.1 Å². The molecule has 0 fully saturated rings. The predicted octanol–water partition coefficient (Wildman–Crippen LogP) is 3.08. The van der Waals surface area contributed by atoms with Gasteiger partial charge in [0, 0.05) is 5.41 Å². The van der Waals surface area contributed by atoms with Crippen LogP contribution in [0.2, 0.25) is 0 Å². The minimum absolute atomic E-state index is 0.0388. The van der Waals surface area contributed by atoms with Gasteiger partial charge in [-0.15, -0.1) is 0 Å². The maximum Gasteiger partial charge on any atom is 0.264 e. The van der Waals surface area contributed by atoms with E-state index < -0.39 is 22.9 Å². The Morgan fingerprint density at radius 2 is 1.41 bits per heavy atom. The van der Waals surface area contributed by atoms with Gasteiger partial charge < -0.3 is 14.6 Å². The molecule has 0 saturated carbocycles. The molecule has 1 N–H and O–H groups in total. The molecule has 0 aliphatic heterocycles. The highest BCUT2D eigenvalue weighted by Crippen LogP contribution is 2.33. The van der Waals surface area contributed by atoms with Crippen LogP contribution in [-0.4, -0.2) is 52.4 Å². The Morgan fingerprint density at radius 1 is 0.931 bits per heavy atom. The lowest BCUT2D eigenvalue weighted by atomic mass is 9.78. The predicted molar refractivity (Wildman–Crippen MR) is 109 cm³/mol. The first-order valence-corrected chi connectivity index (χ1v) is 11.0. The van der Waals surface area contributed by atoms with E-state index in [0.717, 1.165) is 17.4 Å². The molecule has 0 saturated heterocycles. The molecule has 8 heteroatoms. The molecule has 2 aromatic rings. The van der Waals surface area contributed by atoms with Crippen molar-refractivity contribution >= 4 is 10.1 Å². The van der Waals surface area contributed by atoms with Crippen molar-refractivity contribution in [2.24, 2.45) is 0 Å². The quantitative estimate of drug-likeness (QED) is 0.439. The Bertz CT molecular complexity index is 863. The molecule has 0 aliphatic carbocycles. The van der Waals surface area contributed by atoms with E-state index in [9.17, 15) is 17.9 Å². The van der Waals surface area contributed by atoms with Gasteiger partial charge in [0.2, 0.25) is 0 Å². The number of rotatable bonds is 11. The Labute approximate surface area is 171 Å². The number of halogens is 1. The summed E-state index contributed by atoms with van der Waals surface area (Å²) >= 11 is 0. The van der Waals surface area contributed by atoms with Gasteiger partial charge in [0.1, 0.15) is 44.1 Å². The van der Waals surface area contributed by atoms with Gasteiger partial charge >= 0.3 is 0 Å². The molecule has 0 heterocycles. The molecule has 160 valence electrons. The Hall–Kier alpha value is -2.16. The minimum atomic E-state index is -3.47. The summed E-state index contributed by atoms with van der Waals surface area (Å²) in [5.74, 6) is 1.19. The highest BCUT2D eigenvalue weighted by molar-refractivity contribution is 7.85. The number of alkyl halides is 1. The van der Waals surface area contributed by atoms with E-state index in [-0.39, 0.29) is 25.2 Å². The molecule has 29 heavy (non-hydrogen) atoms. The molecule has 2 rings (SSSR count). The smallest absolute Gasteiger partial charge is 0.264 e. The van der Waals surface area contributed by atoms with Gasteiger partial charge in [-0.05, 0) is 35.4 Å². The van der Waals surface area contributed by atoms with E-state index in [1.165, 1.54) is 0 Å². The van der Waals surface area contributed by atoms with Gasteiger partial charge in [0.25, 0.3) is 10.1 Å². The summed E-state index contributed by atoms with van der Waals surface area (Å²) in [4.78, 5) is 0. The van der Waals surface area contributed by atoms with Crippen molar-refractivity contribution in [3.05, 3.63) is 59.7 Å². The highest BCUT2D eigenvalue weighted by Gasteiger charge is 2.23. The third-order valence-corrected chi connectivity index (χ3v) is 5.02. The minimum Gasteiger partial charge on any atom is -0.491 e. The summed E-state index contributed by atoms with van der Waals surface area (Å²) in [6.45, 7) is 3.35. The SMILES string of the molecule is CC(C)(c1ccc(OCCOS(C)(=O)=O)cc1)c1ccc(OCC(O)CF)cc1. The van der Waals surface area contributed by atoms with E-state index in [1.807, 2.05) is 36.4 Å². The van der Waals surface area contributed by atoms with Crippen molar-refractivity contribution in [3.63, 3.8) is 0 Å². The fraction of sp³-hybridized carbons (Fsp3) is 0.429. The largest absolute Gasteiger partial charge is 0.491 e. The molecular weight excluding hydrogens is 399 g/mol. The van der Waals surface area contributed by atoms with Crippen molar-refractivity contribution < 1.29 is 31.6 Å². The molecule has 0 aromatic heterocycles. The summed E-state index contributed by atoms with van der Waals surface area (Å²) in [6.07, 6.45) is -0.125. The van der Waals surface area contributed by atoms with Gasteiger partial charge in [-0.3, -0.25) is 4.18 Å². The molecule has 0 amide bonds. The van der Waals surface area contributed by atoms with Gasteiger partial charge in [-0.25, -0.2) is 4.39 Å². The van der Waals surface area contributed by atoms with E-state index >= 15 is 0 Å². The van der Waals surface area contributed by atoms with E-state index in [2.05, 4.69) is 18.0 Å². The van der Waals surface area contributed by atoms with Crippen molar-refractivity contribution in [3.8, 4) is 11.5 Å². The van der Waals surface area contributed by atoms with Crippen LogP contribution in [0.5, 0.6) is 11.5 Å². The van der Waals surface area contributed by atoms with Crippen LogP contribution in [0.3, 0.4) is 0 Å². The van der Waals surface area contributed by atoms with Crippen LogP contribution >= 0.6 is 0 Å². The number of aliphatic hydroxyl groups excluding tert-OH is 1. The normalized spacial score (nSPS) is 13.1. The fourth-order valence-corrected chi connectivity index (χ4v) is 3.05. The zero-order valence-corrected chi connectivity index (χ0v) is 17.6. The van der Waals surface area contributed by atoms with E-state index in [0.29, 0.717) is 11.5 Å². The zero-order chi connectivity index (χ0) is 21.5. The molecule has 0 spiro atoms. The third kappa shape index (κ3) is 7.30. The molecule has 0 bridgehead atoms. The summed E-state index contributed by atoms with van der Waals surface area (Å²) < 4.78 is 49.6. The second kappa shape index (κ2) is 10.0. The third-order valence-electron chi connectivity index (χ3n) is 4.42. The Morgan fingerprint density at radius 3 is 1.86 bits per heavy atom. The second-order valence-electron chi connectivity index (χ2n) is 7.17. The van der Waals surface area contributed by atoms with Crippen LogP contribution in [0, 0.1) is 0 Å². The number of aliphatic hydroxyl groups is 1. The zero-order valence-electron chi connectivity index (χ0n) is 16.8. The lowest BCUT2D eigenvalue weighted by Gasteiger charge is -2.26. The maximum absolute atomic E-state index is 12.3. The highest BCUT2D eigenvalue weighted by atomic mass is 32.2. The van der Waals surface area contributed by atoms with Crippen molar-refractivity contribution in [2.75, 3.05) is 32.8 Å². The maximum atomic E-state index is 12.3. The van der Waals surface area contributed by atoms with Crippen LogP contribution in [-0.2, 0) is 19.7 Å². The monoisotopic (exact) mass is 426 g/mol. The Balaban J connectivity index is 1.97. The summed E-state index contributed by atoms with van der Waals surface area (Å²) in [5, 5.41) is 9.23. The van der Waals surface area contributed by atoms with E-state index in [4.69, 9.17) is 9.47 Å². The van der Waals surface area contributed by atoms with Gasteiger partial charge in [0.05, 0.1) is 6.26 Å². The van der Waals surface area contributed by atoms with Gasteiger partial charge in [0.15, 0.2) is 0 Å². The second-order valence-corrected chi connectivity index (χ2v) is 8.81. The van der Waals surface area contributed by atoms with E-state index in [1.54, 1.807) is 12.1 Å². The average Bonchev–Trinajstić information content (AvgIpc) is 2.69. The van der Waals surface area contributed by atoms with Crippen molar-refractivity contribution in [1.29, 1.82) is 0 Å². The molecule has 1 unspecified atom stereocenters. The Kier molecular flexibility index (Phi) is 8.01. The first-order valence-electron chi connectivity index (χ1n) is 9.17. The topological polar surface area (TPSA) is 82.1 Å². The summed E-state index contributed by atoms with van der Waals surface area (Å²) in [7, 11) is -3.47. The molecule has 0 aliphatic rings.